The molecule has 1 N–H and O–H groups in total. The van der Waals surface area contributed by atoms with E-state index in [1.807, 2.05) is 49.4 Å². The Hall–Kier alpha value is -2.00. The van der Waals surface area contributed by atoms with Gasteiger partial charge < -0.3 is 14.6 Å². The number of ether oxygens (including phenoxy) is 2. The zero-order valence-electron chi connectivity index (χ0n) is 12.0. The first-order valence-corrected chi connectivity index (χ1v) is 6.62. The van der Waals surface area contributed by atoms with Crippen molar-refractivity contribution in [2.45, 2.75) is 18.9 Å². The summed E-state index contributed by atoms with van der Waals surface area (Å²) >= 11 is 0. The first kappa shape index (κ1) is 14.4. The molecule has 0 radical (unpaired) electrons. The van der Waals surface area contributed by atoms with E-state index in [-0.39, 0.29) is 5.92 Å². The van der Waals surface area contributed by atoms with Gasteiger partial charge >= 0.3 is 0 Å². The third-order valence-corrected chi connectivity index (χ3v) is 3.56. The van der Waals surface area contributed by atoms with Crippen molar-refractivity contribution in [3.05, 3.63) is 59.7 Å². The second-order valence-corrected chi connectivity index (χ2v) is 4.75. The second kappa shape index (κ2) is 6.44. The fourth-order valence-electron chi connectivity index (χ4n) is 2.27. The summed E-state index contributed by atoms with van der Waals surface area (Å²) in [6.07, 6.45) is -0.627. The van der Waals surface area contributed by atoms with E-state index in [2.05, 4.69) is 0 Å². The summed E-state index contributed by atoms with van der Waals surface area (Å²) in [4.78, 5) is 0. The van der Waals surface area contributed by atoms with Gasteiger partial charge in [-0.2, -0.15) is 0 Å². The van der Waals surface area contributed by atoms with Gasteiger partial charge in [-0.25, -0.2) is 0 Å². The van der Waals surface area contributed by atoms with Gasteiger partial charge in [0.15, 0.2) is 0 Å². The van der Waals surface area contributed by atoms with Crippen LogP contribution in [0.3, 0.4) is 0 Å². The van der Waals surface area contributed by atoms with Gasteiger partial charge in [-0.1, -0.05) is 37.3 Å². The van der Waals surface area contributed by atoms with Gasteiger partial charge in [0.1, 0.15) is 11.5 Å². The molecule has 0 fully saturated rings. The Labute approximate surface area is 119 Å². The highest BCUT2D eigenvalue weighted by molar-refractivity contribution is 5.43. The summed E-state index contributed by atoms with van der Waals surface area (Å²) in [7, 11) is 3.20. The van der Waals surface area contributed by atoms with Gasteiger partial charge in [0.05, 0.1) is 20.3 Å². The van der Waals surface area contributed by atoms with Crippen molar-refractivity contribution in [2.75, 3.05) is 14.2 Å². The van der Waals surface area contributed by atoms with Crippen LogP contribution < -0.4 is 9.47 Å². The fraction of sp³-hybridized carbons (Fsp3) is 0.294. The van der Waals surface area contributed by atoms with Gasteiger partial charge in [0, 0.05) is 17.5 Å². The molecule has 0 aromatic heterocycles. The average Bonchev–Trinajstić information content (AvgIpc) is 2.53. The standard InChI is InChI=1S/C17H20O3/c1-12(13-7-5-4-6-8-13)17(18)15-10-9-14(19-2)11-16(15)20-3/h4-12,17-18H,1-3H3. The molecule has 0 saturated heterocycles. The Bertz CT molecular complexity index is 551. The van der Waals surface area contributed by atoms with Crippen LogP contribution in [0.5, 0.6) is 11.5 Å². The molecule has 0 spiro atoms. The molecule has 2 atom stereocenters. The van der Waals surface area contributed by atoms with E-state index in [1.54, 1.807) is 20.3 Å². The maximum Gasteiger partial charge on any atom is 0.128 e. The molecule has 0 aliphatic rings. The zero-order chi connectivity index (χ0) is 14.5. The molecule has 2 rings (SSSR count). The van der Waals surface area contributed by atoms with E-state index in [4.69, 9.17) is 9.47 Å². The monoisotopic (exact) mass is 272 g/mol. The largest absolute Gasteiger partial charge is 0.497 e. The SMILES string of the molecule is COc1ccc(C(O)C(C)c2ccccc2)c(OC)c1. The Balaban J connectivity index is 2.31. The van der Waals surface area contributed by atoms with Crippen LogP contribution in [-0.2, 0) is 0 Å². The Morgan fingerprint density at radius 2 is 1.65 bits per heavy atom. The van der Waals surface area contributed by atoms with Crippen LogP contribution in [-0.4, -0.2) is 19.3 Å². The lowest BCUT2D eigenvalue weighted by atomic mass is 9.90. The summed E-state index contributed by atoms with van der Waals surface area (Å²) in [6.45, 7) is 2.00. The smallest absolute Gasteiger partial charge is 0.128 e. The highest BCUT2D eigenvalue weighted by Gasteiger charge is 2.21. The molecule has 2 unspecified atom stereocenters. The third-order valence-electron chi connectivity index (χ3n) is 3.56. The molecule has 0 heterocycles. The predicted octanol–water partition coefficient (Wildman–Crippen LogP) is 3.54. The van der Waals surface area contributed by atoms with E-state index >= 15 is 0 Å². The Kier molecular flexibility index (Phi) is 4.64. The van der Waals surface area contributed by atoms with Crippen LogP contribution in [0.2, 0.25) is 0 Å². The summed E-state index contributed by atoms with van der Waals surface area (Å²) in [5.41, 5.74) is 1.86. The van der Waals surface area contributed by atoms with E-state index in [9.17, 15) is 5.11 Å². The summed E-state index contributed by atoms with van der Waals surface area (Å²) in [5, 5.41) is 10.6. The summed E-state index contributed by atoms with van der Waals surface area (Å²) in [6, 6.07) is 15.4. The second-order valence-electron chi connectivity index (χ2n) is 4.75. The van der Waals surface area contributed by atoms with Crippen molar-refractivity contribution in [1.82, 2.24) is 0 Å². The van der Waals surface area contributed by atoms with Crippen molar-refractivity contribution in [2.24, 2.45) is 0 Å². The minimum Gasteiger partial charge on any atom is -0.497 e. The van der Waals surface area contributed by atoms with Gasteiger partial charge in [0.2, 0.25) is 0 Å². The normalized spacial score (nSPS) is 13.6. The lowest BCUT2D eigenvalue weighted by Gasteiger charge is -2.22. The number of hydrogen-bond acceptors (Lipinski definition) is 3. The minimum absolute atomic E-state index is 0.0153. The molecule has 3 nitrogen and oxygen atoms in total. The van der Waals surface area contributed by atoms with Crippen LogP contribution in [0.15, 0.2) is 48.5 Å². The molecule has 0 amide bonds. The van der Waals surface area contributed by atoms with Crippen molar-refractivity contribution in [3.63, 3.8) is 0 Å². The van der Waals surface area contributed by atoms with Crippen LogP contribution >= 0.6 is 0 Å². The maximum atomic E-state index is 10.6. The van der Waals surface area contributed by atoms with Crippen LogP contribution in [0.25, 0.3) is 0 Å². The molecule has 0 bridgehead atoms. The van der Waals surface area contributed by atoms with Crippen molar-refractivity contribution < 1.29 is 14.6 Å². The topological polar surface area (TPSA) is 38.7 Å². The van der Waals surface area contributed by atoms with E-state index in [1.165, 1.54) is 0 Å². The molecular formula is C17H20O3. The summed E-state index contributed by atoms with van der Waals surface area (Å²) < 4.78 is 10.5. The van der Waals surface area contributed by atoms with E-state index < -0.39 is 6.10 Å². The van der Waals surface area contributed by atoms with Gasteiger partial charge in [0.25, 0.3) is 0 Å². The van der Waals surface area contributed by atoms with Gasteiger partial charge in [-0.05, 0) is 17.7 Å². The fourth-order valence-corrected chi connectivity index (χ4v) is 2.27. The molecule has 0 aliphatic carbocycles. The number of methoxy groups -OCH3 is 2. The van der Waals surface area contributed by atoms with Gasteiger partial charge in [-0.15, -0.1) is 0 Å². The lowest BCUT2D eigenvalue weighted by Crippen LogP contribution is -2.09. The molecule has 20 heavy (non-hydrogen) atoms. The number of aliphatic hydroxyl groups excluding tert-OH is 1. The number of hydrogen-bond donors (Lipinski definition) is 1. The number of benzene rings is 2. The number of rotatable bonds is 5. The quantitative estimate of drug-likeness (QED) is 0.904. The molecule has 2 aromatic carbocycles. The maximum absolute atomic E-state index is 10.6. The molecule has 106 valence electrons. The molecule has 3 heteroatoms. The predicted molar refractivity (Wildman–Crippen MR) is 79.4 cm³/mol. The highest BCUT2D eigenvalue weighted by Crippen LogP contribution is 2.36. The Morgan fingerprint density at radius 1 is 0.950 bits per heavy atom. The van der Waals surface area contributed by atoms with Crippen molar-refractivity contribution in [3.8, 4) is 11.5 Å². The van der Waals surface area contributed by atoms with Crippen LogP contribution in [0.4, 0.5) is 0 Å². The first-order valence-electron chi connectivity index (χ1n) is 6.62. The molecular weight excluding hydrogens is 252 g/mol. The van der Waals surface area contributed by atoms with Crippen LogP contribution in [0.1, 0.15) is 30.1 Å². The third kappa shape index (κ3) is 2.94. The minimum atomic E-state index is -0.627. The average molecular weight is 272 g/mol. The van der Waals surface area contributed by atoms with Crippen LogP contribution in [0, 0.1) is 0 Å². The molecule has 0 aliphatic heterocycles. The van der Waals surface area contributed by atoms with E-state index in [0.717, 1.165) is 11.1 Å². The van der Waals surface area contributed by atoms with Crippen molar-refractivity contribution >= 4 is 0 Å². The lowest BCUT2D eigenvalue weighted by molar-refractivity contribution is 0.147. The van der Waals surface area contributed by atoms with E-state index in [0.29, 0.717) is 11.5 Å². The van der Waals surface area contributed by atoms with Gasteiger partial charge in [-0.3, -0.25) is 0 Å². The summed E-state index contributed by atoms with van der Waals surface area (Å²) in [5.74, 6) is 1.34. The molecule has 0 saturated carbocycles. The Morgan fingerprint density at radius 3 is 2.25 bits per heavy atom. The van der Waals surface area contributed by atoms with Crippen molar-refractivity contribution in [1.29, 1.82) is 0 Å². The first-order chi connectivity index (χ1) is 9.67. The highest BCUT2D eigenvalue weighted by atomic mass is 16.5. The molecule has 2 aromatic rings. The number of aliphatic hydroxyl groups is 1. The zero-order valence-corrected chi connectivity index (χ0v) is 12.0.